The summed E-state index contributed by atoms with van der Waals surface area (Å²) in [4.78, 5) is 4.47. The van der Waals surface area contributed by atoms with Gasteiger partial charge in [-0.2, -0.15) is 5.26 Å². The highest BCUT2D eigenvalue weighted by Crippen LogP contribution is 2.28. The molecule has 3 nitrogen and oxygen atoms in total. The minimum Gasteiger partial charge on any atom is -0.462 e. The van der Waals surface area contributed by atoms with E-state index < -0.39 is 0 Å². The molecule has 1 aromatic carbocycles. The number of nitrogens with zero attached hydrogens (tertiary/aromatic N) is 2. The van der Waals surface area contributed by atoms with Gasteiger partial charge in [-0.25, -0.2) is 4.98 Å². The molecule has 2 aromatic heterocycles. The lowest BCUT2D eigenvalue weighted by atomic mass is 10.2. The molecule has 0 spiro atoms. The van der Waals surface area contributed by atoms with Crippen molar-refractivity contribution in [3.05, 3.63) is 52.9 Å². The average Bonchev–Trinajstić information content (AvgIpc) is 3.01. The number of aromatic nitrogens is 1. The Morgan fingerprint density at radius 1 is 1.32 bits per heavy atom. The minimum absolute atomic E-state index is 0.524. The lowest BCUT2D eigenvalue weighted by Crippen LogP contribution is -1.78. The Kier molecular flexibility index (Phi) is 2.90. The van der Waals surface area contributed by atoms with Crippen LogP contribution in [0.25, 0.3) is 21.9 Å². The number of allylic oxidation sites excluding steroid dienone is 1. The number of thiazole rings is 1. The van der Waals surface area contributed by atoms with Crippen LogP contribution < -0.4 is 0 Å². The maximum Gasteiger partial charge on any atom is 0.135 e. The molecule has 0 radical (unpaired) electrons. The number of benzene rings is 1. The van der Waals surface area contributed by atoms with E-state index in [9.17, 15) is 5.26 Å². The summed E-state index contributed by atoms with van der Waals surface area (Å²) in [5, 5.41) is 10.00. The molecule has 0 N–H and O–H groups in total. The van der Waals surface area contributed by atoms with Gasteiger partial charge in [0, 0.05) is 6.08 Å². The van der Waals surface area contributed by atoms with E-state index in [1.807, 2.05) is 43.3 Å². The van der Waals surface area contributed by atoms with Gasteiger partial charge in [0.25, 0.3) is 0 Å². The standard InChI is InChI=1S/C15H10N2OS/c1-10-6-7-12(18-10)8-11(9-16)15-17-13-4-2-3-5-14(13)19-15/h2-8H,1H3. The zero-order valence-corrected chi connectivity index (χ0v) is 11.1. The second kappa shape index (κ2) is 4.71. The van der Waals surface area contributed by atoms with E-state index in [1.54, 1.807) is 6.08 Å². The highest BCUT2D eigenvalue weighted by atomic mass is 32.1. The van der Waals surface area contributed by atoms with Gasteiger partial charge in [-0.3, -0.25) is 0 Å². The molecule has 3 rings (SSSR count). The fourth-order valence-corrected chi connectivity index (χ4v) is 2.73. The number of hydrogen-bond acceptors (Lipinski definition) is 4. The third-order valence-electron chi connectivity index (χ3n) is 2.69. The van der Waals surface area contributed by atoms with Crippen molar-refractivity contribution in [3.63, 3.8) is 0 Å². The second-order valence-corrected chi connectivity index (χ2v) is 5.14. The molecule has 19 heavy (non-hydrogen) atoms. The molecule has 0 saturated heterocycles. The number of furan rings is 1. The number of rotatable bonds is 2. The van der Waals surface area contributed by atoms with E-state index in [0.29, 0.717) is 11.3 Å². The smallest absolute Gasteiger partial charge is 0.135 e. The zero-order chi connectivity index (χ0) is 13.2. The van der Waals surface area contributed by atoms with E-state index in [4.69, 9.17) is 4.42 Å². The van der Waals surface area contributed by atoms with E-state index in [2.05, 4.69) is 11.1 Å². The van der Waals surface area contributed by atoms with Gasteiger partial charge in [0.15, 0.2) is 0 Å². The zero-order valence-electron chi connectivity index (χ0n) is 10.3. The molecule has 0 atom stereocenters. The summed E-state index contributed by atoms with van der Waals surface area (Å²) in [5.74, 6) is 1.50. The van der Waals surface area contributed by atoms with Crippen LogP contribution >= 0.6 is 11.3 Å². The van der Waals surface area contributed by atoms with Crippen LogP contribution in [0.4, 0.5) is 0 Å². The molecule has 0 aliphatic carbocycles. The van der Waals surface area contributed by atoms with Crippen molar-refractivity contribution in [1.82, 2.24) is 4.98 Å². The van der Waals surface area contributed by atoms with Gasteiger partial charge in [-0.05, 0) is 31.2 Å². The van der Waals surface area contributed by atoms with E-state index in [-0.39, 0.29) is 0 Å². The van der Waals surface area contributed by atoms with Crippen LogP contribution in [0, 0.1) is 18.3 Å². The third kappa shape index (κ3) is 2.28. The van der Waals surface area contributed by atoms with Crippen LogP contribution in [0.5, 0.6) is 0 Å². The molecular formula is C15H10N2OS. The number of para-hydroxylation sites is 1. The molecule has 0 aliphatic heterocycles. The first-order valence-corrected chi connectivity index (χ1v) is 6.62. The minimum atomic E-state index is 0.524. The number of nitriles is 1. The Morgan fingerprint density at radius 2 is 2.16 bits per heavy atom. The highest BCUT2D eigenvalue weighted by molar-refractivity contribution is 7.19. The first-order chi connectivity index (χ1) is 9.26. The van der Waals surface area contributed by atoms with Gasteiger partial charge < -0.3 is 4.42 Å². The molecule has 2 heterocycles. The van der Waals surface area contributed by atoms with Gasteiger partial charge in [0.1, 0.15) is 22.6 Å². The number of fused-ring (bicyclic) bond motifs is 1. The first-order valence-electron chi connectivity index (χ1n) is 5.80. The van der Waals surface area contributed by atoms with Gasteiger partial charge in [-0.1, -0.05) is 12.1 Å². The predicted molar refractivity (Wildman–Crippen MR) is 76.5 cm³/mol. The second-order valence-electron chi connectivity index (χ2n) is 4.10. The lowest BCUT2D eigenvalue weighted by molar-refractivity contribution is 0.525. The molecule has 4 heteroatoms. The van der Waals surface area contributed by atoms with Gasteiger partial charge >= 0.3 is 0 Å². The molecule has 0 aliphatic rings. The summed E-state index contributed by atoms with van der Waals surface area (Å²) in [6.45, 7) is 1.88. The normalized spacial score (nSPS) is 11.7. The largest absolute Gasteiger partial charge is 0.462 e. The van der Waals surface area contributed by atoms with E-state index in [0.717, 1.165) is 21.0 Å². The molecular weight excluding hydrogens is 256 g/mol. The Hall–Kier alpha value is -2.38. The van der Waals surface area contributed by atoms with Crippen molar-refractivity contribution < 1.29 is 4.42 Å². The van der Waals surface area contributed by atoms with Crippen molar-refractivity contribution in [2.24, 2.45) is 0 Å². The van der Waals surface area contributed by atoms with Crippen LogP contribution in [0.1, 0.15) is 16.5 Å². The number of aryl methyl sites for hydroxylation is 1. The van der Waals surface area contributed by atoms with Crippen LogP contribution in [0.2, 0.25) is 0 Å². The fourth-order valence-electron chi connectivity index (χ4n) is 1.80. The van der Waals surface area contributed by atoms with Crippen molar-refractivity contribution in [2.75, 3.05) is 0 Å². The lowest BCUT2D eigenvalue weighted by Gasteiger charge is -1.90. The summed E-state index contributed by atoms with van der Waals surface area (Å²) < 4.78 is 6.54. The first kappa shape index (κ1) is 11.7. The van der Waals surface area contributed by atoms with Gasteiger partial charge in [0.05, 0.1) is 15.8 Å². The molecule has 0 fully saturated rings. The van der Waals surface area contributed by atoms with Crippen molar-refractivity contribution in [3.8, 4) is 6.07 Å². The molecule has 0 amide bonds. The average molecular weight is 266 g/mol. The van der Waals surface area contributed by atoms with Crippen molar-refractivity contribution in [1.29, 1.82) is 5.26 Å². The van der Waals surface area contributed by atoms with E-state index in [1.165, 1.54) is 11.3 Å². The summed E-state index contributed by atoms with van der Waals surface area (Å²) >= 11 is 1.51. The quantitative estimate of drug-likeness (QED) is 0.651. The molecule has 0 saturated carbocycles. The van der Waals surface area contributed by atoms with Crippen LogP contribution in [0.15, 0.2) is 40.8 Å². The van der Waals surface area contributed by atoms with Crippen LogP contribution in [-0.4, -0.2) is 4.98 Å². The fraction of sp³-hybridized carbons (Fsp3) is 0.0667. The Morgan fingerprint density at radius 3 is 2.84 bits per heavy atom. The topological polar surface area (TPSA) is 49.8 Å². The summed E-state index contributed by atoms with van der Waals surface area (Å²) in [6.07, 6.45) is 1.73. The highest BCUT2D eigenvalue weighted by Gasteiger charge is 2.09. The Bertz CT molecular complexity index is 772. The van der Waals surface area contributed by atoms with Gasteiger partial charge in [-0.15, -0.1) is 11.3 Å². The monoisotopic (exact) mass is 266 g/mol. The summed E-state index contributed by atoms with van der Waals surface area (Å²) in [7, 11) is 0. The van der Waals surface area contributed by atoms with Crippen LogP contribution in [-0.2, 0) is 0 Å². The van der Waals surface area contributed by atoms with Crippen molar-refractivity contribution >= 4 is 33.2 Å². The molecule has 0 unspecified atom stereocenters. The predicted octanol–water partition coefficient (Wildman–Crippen LogP) is 4.26. The maximum absolute atomic E-state index is 9.28. The SMILES string of the molecule is Cc1ccc(C=C(C#N)c2nc3ccccc3s2)o1. The maximum atomic E-state index is 9.28. The summed E-state index contributed by atoms with van der Waals surface area (Å²) in [6, 6.07) is 13.8. The Balaban J connectivity index is 2.07. The van der Waals surface area contributed by atoms with E-state index >= 15 is 0 Å². The molecule has 3 aromatic rings. The third-order valence-corrected chi connectivity index (χ3v) is 3.76. The summed E-state index contributed by atoms with van der Waals surface area (Å²) in [5.41, 5.74) is 1.44. The molecule has 0 bridgehead atoms. The number of hydrogen-bond donors (Lipinski definition) is 0. The van der Waals surface area contributed by atoms with Crippen molar-refractivity contribution in [2.45, 2.75) is 6.92 Å². The van der Waals surface area contributed by atoms with Gasteiger partial charge in [0.2, 0.25) is 0 Å². The van der Waals surface area contributed by atoms with Crippen LogP contribution in [0.3, 0.4) is 0 Å². The molecule has 92 valence electrons. The Labute approximate surface area is 114 Å².